The Kier molecular flexibility index (Phi) is 7.38. The van der Waals surface area contributed by atoms with Crippen molar-refractivity contribution in [2.24, 2.45) is 10.7 Å². The number of aliphatic imine (C=N–C) groups is 1. The van der Waals surface area contributed by atoms with Gasteiger partial charge in [-0.3, -0.25) is 0 Å². The maximum absolute atomic E-state index is 5.63. The summed E-state index contributed by atoms with van der Waals surface area (Å²) in [5, 5.41) is 2.98. The van der Waals surface area contributed by atoms with Crippen LogP contribution in [0.15, 0.2) is 29.3 Å². The zero-order chi connectivity index (χ0) is 11.1. The summed E-state index contributed by atoms with van der Waals surface area (Å²) in [7, 11) is 0. The Hall–Kier alpha value is -1.22. The highest BCUT2D eigenvalue weighted by Gasteiger charge is 1.95. The molecule has 3 nitrogen and oxygen atoms in total. The van der Waals surface area contributed by atoms with Crippen molar-refractivity contribution in [3.8, 4) is 12.3 Å². The second-order valence-corrected chi connectivity index (χ2v) is 3.08. The number of anilines is 1. The van der Waals surface area contributed by atoms with Crippen LogP contribution in [0.4, 0.5) is 5.69 Å². The molecule has 1 aromatic rings. The standard InChI is InChI=1S/C12H15N3.HI/c1-3-8-14-12(13)15-11-7-5-6-10(4-2)9-11;/h1,5-7,9H,4,8H2,2H3,(H3,13,14,15);1H. The molecule has 0 spiro atoms. The van der Waals surface area contributed by atoms with E-state index in [2.05, 4.69) is 29.2 Å². The summed E-state index contributed by atoms with van der Waals surface area (Å²) in [6, 6.07) is 8.03. The molecule has 0 amide bonds. The van der Waals surface area contributed by atoms with Gasteiger partial charge < -0.3 is 11.1 Å². The molecule has 0 heterocycles. The lowest BCUT2D eigenvalue weighted by Gasteiger charge is -2.06. The lowest BCUT2D eigenvalue weighted by molar-refractivity contribution is 1.14. The molecule has 4 heteroatoms. The Morgan fingerprint density at radius 2 is 2.31 bits per heavy atom. The Bertz CT molecular complexity index is 393. The van der Waals surface area contributed by atoms with Crippen molar-refractivity contribution >= 4 is 35.6 Å². The Morgan fingerprint density at radius 1 is 1.56 bits per heavy atom. The van der Waals surface area contributed by atoms with Crippen LogP contribution in [-0.2, 0) is 6.42 Å². The van der Waals surface area contributed by atoms with Crippen LogP contribution in [0.25, 0.3) is 0 Å². The first-order chi connectivity index (χ1) is 7.26. The number of nitrogens with zero attached hydrogens (tertiary/aromatic N) is 1. The molecule has 0 aliphatic heterocycles. The van der Waals surface area contributed by atoms with Crippen molar-refractivity contribution in [2.75, 3.05) is 11.9 Å². The number of nitrogens with one attached hydrogen (secondary N) is 1. The molecule has 1 rings (SSSR count). The van der Waals surface area contributed by atoms with Crippen molar-refractivity contribution in [3.05, 3.63) is 29.8 Å². The molecule has 0 atom stereocenters. The van der Waals surface area contributed by atoms with Gasteiger partial charge in [0.05, 0.1) is 0 Å². The number of aryl methyl sites for hydroxylation is 1. The number of guanidine groups is 1. The lowest BCUT2D eigenvalue weighted by atomic mass is 10.1. The third-order valence-corrected chi connectivity index (χ3v) is 1.95. The molecule has 0 unspecified atom stereocenters. The molecule has 0 aromatic heterocycles. The quantitative estimate of drug-likeness (QED) is 0.387. The molecular formula is C12H16IN3. The summed E-state index contributed by atoms with van der Waals surface area (Å²) in [5.74, 6) is 2.75. The van der Waals surface area contributed by atoms with Gasteiger partial charge in [0.2, 0.25) is 0 Å². The molecule has 0 aliphatic rings. The number of terminal acetylenes is 1. The number of rotatable bonds is 3. The Labute approximate surface area is 114 Å². The topological polar surface area (TPSA) is 50.4 Å². The SMILES string of the molecule is C#CCN=C(N)Nc1cccc(CC)c1.I. The molecule has 0 aliphatic carbocycles. The monoisotopic (exact) mass is 329 g/mol. The minimum Gasteiger partial charge on any atom is -0.370 e. The summed E-state index contributed by atoms with van der Waals surface area (Å²) in [6.07, 6.45) is 6.07. The minimum atomic E-state index is 0. The van der Waals surface area contributed by atoms with Gasteiger partial charge in [-0.05, 0) is 24.1 Å². The Balaban J connectivity index is 0.00000225. The van der Waals surface area contributed by atoms with Crippen molar-refractivity contribution in [1.29, 1.82) is 0 Å². The van der Waals surface area contributed by atoms with E-state index < -0.39 is 0 Å². The van der Waals surface area contributed by atoms with E-state index in [1.807, 2.05) is 18.2 Å². The van der Waals surface area contributed by atoms with Gasteiger partial charge in [0, 0.05) is 5.69 Å². The van der Waals surface area contributed by atoms with Gasteiger partial charge in [0.15, 0.2) is 5.96 Å². The van der Waals surface area contributed by atoms with Crippen molar-refractivity contribution in [2.45, 2.75) is 13.3 Å². The fourth-order valence-corrected chi connectivity index (χ4v) is 1.19. The van der Waals surface area contributed by atoms with Crippen LogP contribution in [0.2, 0.25) is 0 Å². The lowest BCUT2D eigenvalue weighted by Crippen LogP contribution is -2.22. The molecule has 0 radical (unpaired) electrons. The van der Waals surface area contributed by atoms with Crippen LogP contribution in [0.5, 0.6) is 0 Å². The Morgan fingerprint density at radius 3 is 2.94 bits per heavy atom. The van der Waals surface area contributed by atoms with Gasteiger partial charge in [-0.15, -0.1) is 30.4 Å². The second-order valence-electron chi connectivity index (χ2n) is 3.08. The van der Waals surface area contributed by atoms with E-state index in [-0.39, 0.29) is 24.0 Å². The molecule has 1 aromatic carbocycles. The van der Waals surface area contributed by atoms with E-state index in [4.69, 9.17) is 12.2 Å². The first-order valence-electron chi connectivity index (χ1n) is 4.85. The molecule has 0 saturated heterocycles. The van der Waals surface area contributed by atoms with E-state index in [0.29, 0.717) is 12.5 Å². The third kappa shape index (κ3) is 5.03. The first kappa shape index (κ1) is 14.8. The molecule has 16 heavy (non-hydrogen) atoms. The summed E-state index contributed by atoms with van der Waals surface area (Å²) in [6.45, 7) is 2.40. The van der Waals surface area contributed by atoms with Crippen molar-refractivity contribution in [3.63, 3.8) is 0 Å². The zero-order valence-electron chi connectivity index (χ0n) is 9.23. The van der Waals surface area contributed by atoms with Crippen LogP contribution >= 0.6 is 24.0 Å². The van der Waals surface area contributed by atoms with Crippen LogP contribution in [-0.4, -0.2) is 12.5 Å². The van der Waals surface area contributed by atoms with E-state index in [1.54, 1.807) is 0 Å². The van der Waals surface area contributed by atoms with E-state index >= 15 is 0 Å². The molecule has 86 valence electrons. The van der Waals surface area contributed by atoms with Crippen LogP contribution in [0.1, 0.15) is 12.5 Å². The van der Waals surface area contributed by atoms with Gasteiger partial charge in [-0.25, -0.2) is 4.99 Å². The first-order valence-corrected chi connectivity index (χ1v) is 4.85. The molecule has 3 N–H and O–H groups in total. The summed E-state index contributed by atoms with van der Waals surface area (Å²) in [5.41, 5.74) is 7.82. The van der Waals surface area contributed by atoms with E-state index in [0.717, 1.165) is 12.1 Å². The van der Waals surface area contributed by atoms with E-state index in [1.165, 1.54) is 5.56 Å². The highest BCUT2D eigenvalue weighted by molar-refractivity contribution is 14.0. The van der Waals surface area contributed by atoms with E-state index in [9.17, 15) is 0 Å². The van der Waals surface area contributed by atoms with Gasteiger partial charge >= 0.3 is 0 Å². The number of halogens is 1. The summed E-state index contributed by atoms with van der Waals surface area (Å²) < 4.78 is 0. The predicted molar refractivity (Wildman–Crippen MR) is 80.2 cm³/mol. The highest BCUT2D eigenvalue weighted by atomic mass is 127. The number of hydrogen-bond acceptors (Lipinski definition) is 1. The second kappa shape index (κ2) is 7.99. The van der Waals surface area contributed by atoms with Crippen molar-refractivity contribution < 1.29 is 0 Å². The fourth-order valence-electron chi connectivity index (χ4n) is 1.19. The third-order valence-electron chi connectivity index (χ3n) is 1.95. The molecular weight excluding hydrogens is 313 g/mol. The molecule has 0 fully saturated rings. The minimum absolute atomic E-state index is 0. The largest absolute Gasteiger partial charge is 0.370 e. The zero-order valence-corrected chi connectivity index (χ0v) is 11.6. The average molecular weight is 329 g/mol. The maximum Gasteiger partial charge on any atom is 0.194 e. The summed E-state index contributed by atoms with van der Waals surface area (Å²) >= 11 is 0. The number of nitrogens with two attached hydrogens (primary N) is 1. The van der Waals surface area contributed by atoms with Gasteiger partial charge in [0.25, 0.3) is 0 Å². The maximum atomic E-state index is 5.63. The normalized spacial score (nSPS) is 10.1. The highest BCUT2D eigenvalue weighted by Crippen LogP contribution is 2.10. The van der Waals surface area contributed by atoms with Crippen LogP contribution in [0.3, 0.4) is 0 Å². The van der Waals surface area contributed by atoms with Gasteiger partial charge in [0.1, 0.15) is 6.54 Å². The van der Waals surface area contributed by atoms with Crippen LogP contribution in [0, 0.1) is 12.3 Å². The number of benzene rings is 1. The molecule has 0 saturated carbocycles. The van der Waals surface area contributed by atoms with Crippen LogP contribution < -0.4 is 11.1 Å². The average Bonchev–Trinajstić information content (AvgIpc) is 2.26. The van der Waals surface area contributed by atoms with Gasteiger partial charge in [-0.1, -0.05) is 25.0 Å². The summed E-state index contributed by atoms with van der Waals surface area (Å²) in [4.78, 5) is 3.94. The van der Waals surface area contributed by atoms with Crippen molar-refractivity contribution in [1.82, 2.24) is 0 Å². The molecule has 0 bridgehead atoms. The predicted octanol–water partition coefficient (Wildman–Crippen LogP) is 2.23. The van der Waals surface area contributed by atoms with Gasteiger partial charge in [-0.2, -0.15) is 0 Å². The smallest absolute Gasteiger partial charge is 0.194 e. The number of hydrogen-bond donors (Lipinski definition) is 2. The fraction of sp³-hybridized carbons (Fsp3) is 0.250.